The van der Waals surface area contributed by atoms with Crippen molar-refractivity contribution < 1.29 is 24.0 Å². The number of primary amides is 1. The van der Waals surface area contributed by atoms with E-state index in [0.29, 0.717) is 31.2 Å². The molecule has 0 aromatic carbocycles. The fraction of sp³-hybridized carbons (Fsp3) is 0.795. The molecule has 1 aromatic heterocycles. The van der Waals surface area contributed by atoms with Gasteiger partial charge in [0.15, 0.2) is 5.78 Å². The predicted molar refractivity (Wildman–Crippen MR) is 190 cm³/mol. The minimum Gasteiger partial charge on any atom is -0.363 e. The molecular formula is C39H58N4O5S. The molecule has 3 saturated carbocycles. The van der Waals surface area contributed by atoms with E-state index in [1.807, 2.05) is 27.7 Å². The molecule has 5 aliphatic rings. The summed E-state index contributed by atoms with van der Waals surface area (Å²) in [5.74, 6) is -2.57. The fourth-order valence-corrected chi connectivity index (χ4v) is 11.5. The van der Waals surface area contributed by atoms with E-state index < -0.39 is 35.0 Å². The SMILES string of the molecule is Cc1sc(C2CCNCC2)nc1CC(=O)C[C@H](C(=O)N1C[C@]2(C[C@H]1C(=O)CC(CC1CCC1)C(=O)C(N)=O)C(C)(C)C21CCC1)C(C)(C)C. The number of hydrogen-bond acceptors (Lipinski definition) is 8. The summed E-state index contributed by atoms with van der Waals surface area (Å²) in [5.41, 5.74) is 5.70. The van der Waals surface area contributed by atoms with Gasteiger partial charge in [-0.3, -0.25) is 24.0 Å². The van der Waals surface area contributed by atoms with Crippen molar-refractivity contribution in [3.05, 3.63) is 15.6 Å². The molecule has 2 amide bonds. The van der Waals surface area contributed by atoms with Crippen molar-refractivity contribution >= 4 is 40.5 Å². The van der Waals surface area contributed by atoms with Crippen molar-refractivity contribution in [1.82, 2.24) is 15.2 Å². The third-order valence-corrected chi connectivity index (χ3v) is 15.3. The molecule has 0 radical (unpaired) electrons. The Kier molecular flexibility index (Phi) is 9.83. The molecular weight excluding hydrogens is 637 g/mol. The quantitative estimate of drug-likeness (QED) is 0.253. The number of thiazole rings is 1. The number of nitrogens with one attached hydrogen (secondary N) is 1. The number of piperidine rings is 1. The lowest BCUT2D eigenvalue weighted by molar-refractivity contribution is -0.146. The molecule has 3 heterocycles. The highest BCUT2D eigenvalue weighted by Gasteiger charge is 2.85. The summed E-state index contributed by atoms with van der Waals surface area (Å²) < 4.78 is 0. The van der Waals surface area contributed by atoms with Gasteiger partial charge in [0.25, 0.3) is 5.91 Å². The summed E-state index contributed by atoms with van der Waals surface area (Å²) in [6.07, 6.45) is 9.81. The van der Waals surface area contributed by atoms with Crippen LogP contribution in [0.3, 0.4) is 0 Å². The zero-order chi connectivity index (χ0) is 35.5. The highest BCUT2D eigenvalue weighted by molar-refractivity contribution is 7.11. The van der Waals surface area contributed by atoms with Crippen LogP contribution in [0.5, 0.6) is 0 Å². The van der Waals surface area contributed by atoms with Gasteiger partial charge in [-0.2, -0.15) is 0 Å². The number of likely N-dealkylation sites (tertiary alicyclic amines) is 1. The first-order chi connectivity index (χ1) is 23.0. The van der Waals surface area contributed by atoms with Crippen LogP contribution in [0.25, 0.3) is 0 Å². The van der Waals surface area contributed by atoms with Crippen molar-refractivity contribution in [2.45, 2.75) is 137 Å². The highest BCUT2D eigenvalue weighted by Crippen LogP contribution is 2.88. The number of aryl methyl sites for hydroxylation is 1. The van der Waals surface area contributed by atoms with Gasteiger partial charge in [-0.15, -0.1) is 11.3 Å². The van der Waals surface area contributed by atoms with Gasteiger partial charge in [-0.1, -0.05) is 60.3 Å². The van der Waals surface area contributed by atoms with Crippen molar-refractivity contribution in [3.63, 3.8) is 0 Å². The van der Waals surface area contributed by atoms with Crippen molar-refractivity contribution in [1.29, 1.82) is 0 Å². The lowest BCUT2D eigenvalue weighted by Crippen LogP contribution is -2.48. The topological polar surface area (TPSA) is 140 Å². The smallest absolute Gasteiger partial charge is 0.285 e. The fourth-order valence-electron chi connectivity index (χ4n) is 10.4. The monoisotopic (exact) mass is 694 g/mol. The van der Waals surface area contributed by atoms with E-state index in [0.717, 1.165) is 80.0 Å². The van der Waals surface area contributed by atoms with Crippen LogP contribution in [0.1, 0.15) is 133 Å². The second-order valence-corrected chi connectivity index (χ2v) is 19.1. The maximum atomic E-state index is 14.8. The van der Waals surface area contributed by atoms with E-state index >= 15 is 0 Å². The summed E-state index contributed by atoms with van der Waals surface area (Å²) >= 11 is 1.69. The third-order valence-electron chi connectivity index (χ3n) is 14.1. The Morgan fingerprint density at radius 2 is 1.67 bits per heavy atom. The largest absolute Gasteiger partial charge is 0.363 e. The van der Waals surface area contributed by atoms with Crippen LogP contribution in [0.2, 0.25) is 0 Å². The Morgan fingerprint density at radius 1 is 1.00 bits per heavy atom. The molecule has 3 N–H and O–H groups in total. The number of nitrogens with two attached hydrogens (primary N) is 1. The molecule has 2 saturated heterocycles. The van der Waals surface area contributed by atoms with E-state index in [2.05, 4.69) is 19.2 Å². The van der Waals surface area contributed by atoms with E-state index in [1.54, 1.807) is 16.2 Å². The first-order valence-electron chi connectivity index (χ1n) is 18.9. The predicted octanol–water partition coefficient (Wildman–Crippen LogP) is 5.70. The maximum absolute atomic E-state index is 14.8. The van der Waals surface area contributed by atoms with Gasteiger partial charge < -0.3 is 16.0 Å². The molecule has 4 atom stereocenters. The summed E-state index contributed by atoms with van der Waals surface area (Å²) in [7, 11) is 0. The maximum Gasteiger partial charge on any atom is 0.285 e. The number of aromatic nitrogens is 1. The van der Waals surface area contributed by atoms with Crippen molar-refractivity contribution in [3.8, 4) is 0 Å². The van der Waals surface area contributed by atoms with E-state index in [-0.39, 0.29) is 53.0 Å². The minimum absolute atomic E-state index is 0.00912. The number of carbonyl (C=O) groups is 5. The molecule has 10 heteroatoms. The molecule has 0 bridgehead atoms. The number of nitrogens with zero attached hydrogens (tertiary/aromatic N) is 2. The Labute approximate surface area is 296 Å². The highest BCUT2D eigenvalue weighted by atomic mass is 32.1. The summed E-state index contributed by atoms with van der Waals surface area (Å²) in [6.45, 7) is 15.1. The van der Waals surface area contributed by atoms with Gasteiger partial charge in [0.1, 0.15) is 5.78 Å². The van der Waals surface area contributed by atoms with Crippen LogP contribution < -0.4 is 11.1 Å². The second-order valence-electron chi connectivity index (χ2n) is 17.9. The molecule has 270 valence electrons. The molecule has 3 aliphatic carbocycles. The number of hydrogen-bond donors (Lipinski definition) is 2. The van der Waals surface area contributed by atoms with Gasteiger partial charge in [0, 0.05) is 53.9 Å². The average molecular weight is 695 g/mol. The third kappa shape index (κ3) is 6.36. The van der Waals surface area contributed by atoms with Crippen LogP contribution in [0, 0.1) is 46.3 Å². The second kappa shape index (κ2) is 13.3. The van der Waals surface area contributed by atoms with E-state index in [9.17, 15) is 24.0 Å². The minimum atomic E-state index is -0.991. The number of fused-ring (bicyclic) bond motifs is 1. The lowest BCUT2D eigenvalue weighted by atomic mass is 9.73. The zero-order valence-corrected chi connectivity index (χ0v) is 31.4. The Bertz CT molecular complexity index is 1490. The number of Topliss-reactive ketones (excluding diaryl/α,β-unsaturated/α-hetero) is 3. The molecule has 6 rings (SSSR count). The summed E-state index contributed by atoms with van der Waals surface area (Å²) in [6, 6.07) is -0.676. The first-order valence-corrected chi connectivity index (χ1v) is 19.7. The van der Waals surface area contributed by atoms with E-state index in [1.165, 1.54) is 0 Å². The Hall–Kier alpha value is -2.46. The summed E-state index contributed by atoms with van der Waals surface area (Å²) in [4.78, 5) is 75.8. The molecule has 5 fully saturated rings. The summed E-state index contributed by atoms with van der Waals surface area (Å²) in [5, 5.41) is 4.51. The van der Waals surface area contributed by atoms with Crippen LogP contribution in [0.4, 0.5) is 0 Å². The molecule has 1 aromatic rings. The lowest BCUT2D eigenvalue weighted by Gasteiger charge is -2.35. The van der Waals surface area contributed by atoms with Crippen molar-refractivity contribution in [2.75, 3.05) is 19.6 Å². The van der Waals surface area contributed by atoms with Gasteiger partial charge in [0.05, 0.1) is 16.7 Å². The van der Waals surface area contributed by atoms with Crippen LogP contribution >= 0.6 is 11.3 Å². The van der Waals surface area contributed by atoms with Crippen LogP contribution in [-0.4, -0.2) is 64.7 Å². The Morgan fingerprint density at radius 3 is 2.20 bits per heavy atom. The number of rotatable bonds is 13. The molecule has 2 aliphatic heterocycles. The van der Waals surface area contributed by atoms with Crippen molar-refractivity contribution in [2.24, 2.45) is 45.1 Å². The van der Waals surface area contributed by atoms with Gasteiger partial charge in [0.2, 0.25) is 11.7 Å². The standard InChI is InChI=1S/C39H58N4O5S/c1-23-29(42-34(49-23)25-11-15-41-16-12-25)20-27(44)19-28(36(2,3)4)35(48)43-22-39(37(5,6)38(39)13-8-14-38)21-30(43)31(45)18-26(32(46)33(40)47)17-24-9-7-10-24/h24-26,28,30,41H,7-22H2,1-6H3,(H2,40,47)/t26?,28-,30+,39-/m1/s1. The number of amides is 2. The molecule has 1 unspecified atom stereocenters. The molecule has 2 spiro atoms. The normalized spacial score (nSPS) is 27.4. The van der Waals surface area contributed by atoms with Gasteiger partial charge in [-0.25, -0.2) is 4.98 Å². The van der Waals surface area contributed by atoms with Crippen LogP contribution in [-0.2, 0) is 30.4 Å². The molecule has 49 heavy (non-hydrogen) atoms. The average Bonchev–Trinajstić information content (AvgIpc) is 3.32. The first kappa shape index (κ1) is 36.3. The van der Waals surface area contributed by atoms with Gasteiger partial charge >= 0.3 is 0 Å². The number of carbonyl (C=O) groups excluding carboxylic acids is 5. The zero-order valence-electron chi connectivity index (χ0n) is 30.6. The molecule has 9 nitrogen and oxygen atoms in total. The van der Waals surface area contributed by atoms with E-state index in [4.69, 9.17) is 10.7 Å². The Balaban J connectivity index is 1.23. The number of ketones is 3. The van der Waals surface area contributed by atoms with Gasteiger partial charge in [-0.05, 0) is 80.7 Å². The van der Waals surface area contributed by atoms with Crippen LogP contribution in [0.15, 0.2) is 0 Å².